The van der Waals surface area contributed by atoms with E-state index in [-0.39, 0.29) is 5.56 Å². The van der Waals surface area contributed by atoms with Crippen molar-refractivity contribution in [2.24, 2.45) is 5.92 Å². The third-order valence-corrected chi connectivity index (χ3v) is 3.92. The highest BCUT2D eigenvalue weighted by Gasteiger charge is 2.16. The number of hydrogen-bond donors (Lipinski definition) is 1. The van der Waals surface area contributed by atoms with Crippen LogP contribution in [0, 0.1) is 12.8 Å². The summed E-state index contributed by atoms with van der Waals surface area (Å²) < 4.78 is 3.44. The summed E-state index contributed by atoms with van der Waals surface area (Å²) in [7, 11) is 0. The SMILES string of the molecule is CCNC(Cn1ccn2nc(C)cc2c1=O)C(C)CC. The summed E-state index contributed by atoms with van der Waals surface area (Å²) in [5.41, 5.74) is 1.54. The van der Waals surface area contributed by atoms with Gasteiger partial charge in [0.15, 0.2) is 0 Å². The first-order valence-electron chi connectivity index (χ1n) is 7.35. The first-order valence-corrected chi connectivity index (χ1v) is 7.35. The Hall–Kier alpha value is -1.62. The molecule has 1 N–H and O–H groups in total. The summed E-state index contributed by atoms with van der Waals surface area (Å²) in [6.07, 6.45) is 4.78. The molecule has 0 spiro atoms. The molecule has 2 atom stereocenters. The van der Waals surface area contributed by atoms with Gasteiger partial charge in [-0.15, -0.1) is 0 Å². The van der Waals surface area contributed by atoms with Crippen molar-refractivity contribution in [3.63, 3.8) is 0 Å². The van der Waals surface area contributed by atoms with Gasteiger partial charge in [-0.05, 0) is 25.5 Å². The van der Waals surface area contributed by atoms with Gasteiger partial charge in [0, 0.05) is 25.0 Å². The second-order valence-electron chi connectivity index (χ2n) is 5.42. The predicted molar refractivity (Wildman–Crippen MR) is 81.1 cm³/mol. The minimum absolute atomic E-state index is 0.0271. The Morgan fingerprint density at radius 3 is 2.75 bits per heavy atom. The summed E-state index contributed by atoms with van der Waals surface area (Å²) in [5, 5.41) is 7.75. The van der Waals surface area contributed by atoms with Gasteiger partial charge < -0.3 is 9.88 Å². The Kier molecular flexibility index (Phi) is 4.60. The maximum absolute atomic E-state index is 12.5. The van der Waals surface area contributed by atoms with Crippen LogP contribution >= 0.6 is 0 Å². The van der Waals surface area contributed by atoms with Crippen LogP contribution in [-0.4, -0.2) is 26.8 Å². The first-order chi connectivity index (χ1) is 9.56. The van der Waals surface area contributed by atoms with E-state index in [2.05, 4.69) is 31.2 Å². The van der Waals surface area contributed by atoms with E-state index in [0.29, 0.717) is 24.0 Å². The lowest BCUT2D eigenvalue weighted by atomic mass is 9.99. The van der Waals surface area contributed by atoms with Gasteiger partial charge in [0.25, 0.3) is 5.56 Å². The van der Waals surface area contributed by atoms with Gasteiger partial charge >= 0.3 is 0 Å². The average molecular weight is 276 g/mol. The number of aryl methyl sites for hydroxylation is 1. The Morgan fingerprint density at radius 2 is 2.10 bits per heavy atom. The van der Waals surface area contributed by atoms with Crippen LogP contribution < -0.4 is 10.9 Å². The first kappa shape index (κ1) is 14.8. The molecule has 0 saturated heterocycles. The minimum Gasteiger partial charge on any atom is -0.312 e. The van der Waals surface area contributed by atoms with Crippen molar-refractivity contribution in [2.75, 3.05) is 6.54 Å². The predicted octanol–water partition coefficient (Wildman–Crippen LogP) is 1.83. The Balaban J connectivity index is 2.32. The van der Waals surface area contributed by atoms with Gasteiger partial charge in [-0.25, -0.2) is 4.52 Å². The van der Waals surface area contributed by atoms with Crippen LogP contribution in [0.2, 0.25) is 0 Å². The maximum atomic E-state index is 12.5. The molecule has 0 aliphatic carbocycles. The molecule has 0 radical (unpaired) electrons. The fourth-order valence-corrected chi connectivity index (χ4v) is 2.50. The largest absolute Gasteiger partial charge is 0.312 e. The lowest BCUT2D eigenvalue weighted by molar-refractivity contribution is 0.331. The van der Waals surface area contributed by atoms with Crippen molar-refractivity contribution >= 4 is 5.52 Å². The van der Waals surface area contributed by atoms with E-state index >= 15 is 0 Å². The highest BCUT2D eigenvalue weighted by molar-refractivity contribution is 5.44. The van der Waals surface area contributed by atoms with Crippen molar-refractivity contribution in [1.29, 1.82) is 0 Å². The van der Waals surface area contributed by atoms with Crippen molar-refractivity contribution in [3.8, 4) is 0 Å². The van der Waals surface area contributed by atoms with Crippen LogP contribution in [0.5, 0.6) is 0 Å². The lowest BCUT2D eigenvalue weighted by Crippen LogP contribution is -2.41. The molecule has 0 saturated carbocycles. The molecule has 110 valence electrons. The van der Waals surface area contributed by atoms with Gasteiger partial charge in [0.2, 0.25) is 0 Å². The maximum Gasteiger partial charge on any atom is 0.276 e. The molecule has 2 rings (SSSR count). The molecular formula is C15H24N4O. The molecule has 2 unspecified atom stereocenters. The molecule has 0 bridgehead atoms. The molecule has 0 aliphatic rings. The van der Waals surface area contributed by atoms with E-state index in [4.69, 9.17) is 0 Å². The van der Waals surface area contributed by atoms with Crippen LogP contribution in [0.1, 0.15) is 32.9 Å². The van der Waals surface area contributed by atoms with E-state index in [0.717, 1.165) is 18.7 Å². The molecule has 5 heteroatoms. The van der Waals surface area contributed by atoms with Gasteiger partial charge in [-0.2, -0.15) is 5.10 Å². The summed E-state index contributed by atoms with van der Waals surface area (Å²) in [4.78, 5) is 12.5. The number of likely N-dealkylation sites (N-methyl/N-ethyl adjacent to an activating group) is 1. The van der Waals surface area contributed by atoms with Crippen molar-refractivity contribution in [2.45, 2.75) is 46.7 Å². The molecule has 0 fully saturated rings. The summed E-state index contributed by atoms with van der Waals surface area (Å²) >= 11 is 0. The second-order valence-corrected chi connectivity index (χ2v) is 5.42. The quantitative estimate of drug-likeness (QED) is 0.875. The van der Waals surface area contributed by atoms with Crippen molar-refractivity contribution < 1.29 is 0 Å². The molecule has 0 aliphatic heterocycles. The van der Waals surface area contributed by atoms with Crippen molar-refractivity contribution in [3.05, 3.63) is 34.5 Å². The average Bonchev–Trinajstić information content (AvgIpc) is 2.81. The molecule has 0 aromatic carbocycles. The molecule has 2 heterocycles. The Bertz CT molecular complexity index is 628. The normalized spacial score (nSPS) is 14.6. The lowest BCUT2D eigenvalue weighted by Gasteiger charge is -2.24. The zero-order valence-corrected chi connectivity index (χ0v) is 12.8. The van der Waals surface area contributed by atoms with E-state index < -0.39 is 0 Å². The van der Waals surface area contributed by atoms with Crippen LogP contribution in [0.4, 0.5) is 0 Å². The second kappa shape index (κ2) is 6.22. The standard InChI is InChI=1S/C15H24N4O/c1-5-11(3)13(16-6-2)10-18-7-8-19-14(15(18)20)9-12(4)17-19/h7-9,11,13,16H,5-6,10H2,1-4H3. The molecule has 2 aromatic heterocycles. The number of nitrogens with zero attached hydrogens (tertiary/aromatic N) is 3. The summed E-state index contributed by atoms with van der Waals surface area (Å²) in [6.45, 7) is 10.0. The number of nitrogens with one attached hydrogen (secondary N) is 1. The third-order valence-electron chi connectivity index (χ3n) is 3.92. The van der Waals surface area contributed by atoms with Gasteiger partial charge in [0.05, 0.1) is 5.69 Å². The molecule has 5 nitrogen and oxygen atoms in total. The van der Waals surface area contributed by atoms with E-state index in [1.165, 1.54) is 0 Å². The van der Waals surface area contributed by atoms with Crippen LogP contribution in [0.25, 0.3) is 5.52 Å². The Morgan fingerprint density at radius 1 is 1.35 bits per heavy atom. The van der Waals surface area contributed by atoms with Crippen molar-refractivity contribution in [1.82, 2.24) is 19.5 Å². The highest BCUT2D eigenvalue weighted by atomic mass is 16.1. The van der Waals surface area contributed by atoms with Gasteiger partial charge in [0.1, 0.15) is 5.52 Å². The third kappa shape index (κ3) is 2.93. The van der Waals surface area contributed by atoms with E-state index in [1.54, 1.807) is 9.08 Å². The fourth-order valence-electron chi connectivity index (χ4n) is 2.50. The number of aromatic nitrogens is 3. The molecular weight excluding hydrogens is 252 g/mol. The number of rotatable bonds is 6. The fraction of sp³-hybridized carbons (Fsp3) is 0.600. The number of hydrogen-bond acceptors (Lipinski definition) is 3. The van der Waals surface area contributed by atoms with Crippen LogP contribution in [0.3, 0.4) is 0 Å². The summed E-state index contributed by atoms with van der Waals surface area (Å²) in [6, 6.07) is 2.15. The van der Waals surface area contributed by atoms with E-state index in [1.807, 2.05) is 25.4 Å². The minimum atomic E-state index is 0.0271. The van der Waals surface area contributed by atoms with E-state index in [9.17, 15) is 4.79 Å². The molecule has 0 amide bonds. The zero-order valence-electron chi connectivity index (χ0n) is 12.8. The monoisotopic (exact) mass is 276 g/mol. The topological polar surface area (TPSA) is 51.3 Å². The highest BCUT2D eigenvalue weighted by Crippen LogP contribution is 2.09. The number of fused-ring (bicyclic) bond motifs is 1. The molecule has 20 heavy (non-hydrogen) atoms. The van der Waals surface area contributed by atoms with Crippen LogP contribution in [0.15, 0.2) is 23.3 Å². The van der Waals surface area contributed by atoms with Crippen LogP contribution in [-0.2, 0) is 6.54 Å². The molecule has 2 aromatic rings. The summed E-state index contributed by atoms with van der Waals surface area (Å²) in [5.74, 6) is 0.532. The zero-order chi connectivity index (χ0) is 14.7. The smallest absolute Gasteiger partial charge is 0.276 e. The van der Waals surface area contributed by atoms with Gasteiger partial charge in [-0.3, -0.25) is 4.79 Å². The van der Waals surface area contributed by atoms with Gasteiger partial charge in [-0.1, -0.05) is 27.2 Å². The Labute approximate surface area is 119 Å².